The van der Waals surface area contributed by atoms with E-state index in [1.165, 1.54) is 25.9 Å². The van der Waals surface area contributed by atoms with E-state index in [1.807, 2.05) is 12.1 Å². The molecule has 3 nitrogen and oxygen atoms in total. The highest BCUT2D eigenvalue weighted by Gasteiger charge is 2.30. The maximum atomic E-state index is 6.13. The molecule has 2 aliphatic rings. The highest BCUT2D eigenvalue weighted by Crippen LogP contribution is 2.24. The van der Waals surface area contributed by atoms with Gasteiger partial charge in [-0.2, -0.15) is 0 Å². The summed E-state index contributed by atoms with van der Waals surface area (Å²) >= 11 is 11.9. The van der Waals surface area contributed by atoms with E-state index < -0.39 is 0 Å². The molecule has 2 fully saturated rings. The van der Waals surface area contributed by atoms with Gasteiger partial charge in [-0.3, -0.25) is 9.80 Å². The summed E-state index contributed by atoms with van der Waals surface area (Å²) < 4.78 is 0. The molecule has 0 saturated carbocycles. The van der Waals surface area contributed by atoms with Crippen LogP contribution in [0.2, 0.25) is 10.3 Å². The Balaban J connectivity index is 1.66. The highest BCUT2D eigenvalue weighted by molar-refractivity contribution is 6.32. The minimum absolute atomic E-state index is 0.462. The molecule has 0 bridgehead atoms. The van der Waals surface area contributed by atoms with Crippen LogP contribution in [0.25, 0.3) is 0 Å². The van der Waals surface area contributed by atoms with Crippen molar-refractivity contribution in [2.45, 2.75) is 25.4 Å². The van der Waals surface area contributed by atoms with Crippen molar-refractivity contribution >= 4 is 23.2 Å². The van der Waals surface area contributed by atoms with Gasteiger partial charge in [0.15, 0.2) is 0 Å². The van der Waals surface area contributed by atoms with Crippen molar-refractivity contribution < 1.29 is 0 Å². The Morgan fingerprint density at radius 3 is 2.94 bits per heavy atom. The summed E-state index contributed by atoms with van der Waals surface area (Å²) in [4.78, 5) is 9.18. The molecule has 3 heterocycles. The third-order valence-electron chi connectivity index (χ3n) is 3.96. The SMILES string of the molecule is Clc1ccc(CN2CCN3CCCC3C2)c(Cl)n1. The van der Waals surface area contributed by atoms with Gasteiger partial charge in [0, 0.05) is 37.8 Å². The monoisotopic (exact) mass is 285 g/mol. The molecular weight excluding hydrogens is 269 g/mol. The lowest BCUT2D eigenvalue weighted by molar-refractivity contribution is 0.0993. The van der Waals surface area contributed by atoms with Gasteiger partial charge in [0.25, 0.3) is 0 Å². The molecule has 0 amide bonds. The molecule has 2 aliphatic heterocycles. The fourth-order valence-electron chi connectivity index (χ4n) is 3.00. The van der Waals surface area contributed by atoms with Crippen LogP contribution in [0.3, 0.4) is 0 Å². The molecule has 0 aliphatic carbocycles. The molecule has 2 saturated heterocycles. The number of aromatic nitrogens is 1. The lowest BCUT2D eigenvalue weighted by Gasteiger charge is -2.37. The van der Waals surface area contributed by atoms with Crippen LogP contribution in [0.5, 0.6) is 0 Å². The van der Waals surface area contributed by atoms with Crippen LogP contribution < -0.4 is 0 Å². The number of hydrogen-bond acceptors (Lipinski definition) is 3. The van der Waals surface area contributed by atoms with Crippen molar-refractivity contribution in [3.8, 4) is 0 Å². The molecule has 1 atom stereocenters. The quantitative estimate of drug-likeness (QED) is 0.779. The van der Waals surface area contributed by atoms with E-state index in [-0.39, 0.29) is 0 Å². The van der Waals surface area contributed by atoms with Gasteiger partial charge in [-0.05, 0) is 25.5 Å². The van der Waals surface area contributed by atoms with Crippen molar-refractivity contribution in [1.29, 1.82) is 0 Å². The Hall–Kier alpha value is -0.350. The largest absolute Gasteiger partial charge is 0.298 e. The molecule has 5 heteroatoms. The van der Waals surface area contributed by atoms with Gasteiger partial charge in [0.2, 0.25) is 0 Å². The molecule has 1 aromatic rings. The normalized spacial score (nSPS) is 25.3. The first-order chi connectivity index (χ1) is 8.72. The summed E-state index contributed by atoms with van der Waals surface area (Å²) in [5.41, 5.74) is 1.08. The Morgan fingerprint density at radius 1 is 1.22 bits per heavy atom. The van der Waals surface area contributed by atoms with Crippen LogP contribution in [0, 0.1) is 0 Å². The summed E-state index contributed by atoms with van der Waals surface area (Å²) in [6, 6.07) is 4.55. The van der Waals surface area contributed by atoms with E-state index in [9.17, 15) is 0 Å². The predicted molar refractivity (Wildman–Crippen MR) is 74.1 cm³/mol. The first-order valence-electron chi connectivity index (χ1n) is 6.50. The number of rotatable bonds is 2. The average Bonchev–Trinajstić information content (AvgIpc) is 2.80. The van der Waals surface area contributed by atoms with Gasteiger partial charge in [0.1, 0.15) is 10.3 Å². The van der Waals surface area contributed by atoms with E-state index >= 15 is 0 Å². The Bertz CT molecular complexity index is 438. The fraction of sp³-hybridized carbons (Fsp3) is 0.615. The molecule has 98 valence electrons. The topological polar surface area (TPSA) is 19.4 Å². The Morgan fingerprint density at radius 2 is 2.11 bits per heavy atom. The summed E-state index contributed by atoms with van der Waals surface area (Å²) in [6.45, 7) is 5.62. The molecule has 3 rings (SSSR count). The van der Waals surface area contributed by atoms with Crippen molar-refractivity contribution in [2.24, 2.45) is 0 Å². The number of hydrogen-bond donors (Lipinski definition) is 0. The summed E-state index contributed by atoms with van der Waals surface area (Å²) in [5.74, 6) is 0. The van der Waals surface area contributed by atoms with E-state index in [4.69, 9.17) is 23.2 Å². The van der Waals surface area contributed by atoms with E-state index in [0.717, 1.165) is 31.2 Å². The van der Waals surface area contributed by atoms with Crippen LogP contribution in [0.1, 0.15) is 18.4 Å². The summed E-state index contributed by atoms with van der Waals surface area (Å²) in [5, 5.41) is 1.00. The van der Waals surface area contributed by atoms with Gasteiger partial charge in [-0.15, -0.1) is 0 Å². The second-order valence-electron chi connectivity index (χ2n) is 5.15. The standard InChI is InChI=1S/C13H17Cl2N3/c14-12-4-3-10(13(15)16-12)8-17-6-7-18-5-1-2-11(18)9-17/h3-4,11H,1-2,5-9H2. The van der Waals surface area contributed by atoms with Crippen molar-refractivity contribution in [2.75, 3.05) is 26.2 Å². The van der Waals surface area contributed by atoms with E-state index in [1.54, 1.807) is 0 Å². The maximum Gasteiger partial charge on any atom is 0.135 e. The van der Waals surface area contributed by atoms with Crippen LogP contribution >= 0.6 is 23.2 Å². The predicted octanol–water partition coefficient (Wildman–Crippen LogP) is 2.67. The maximum absolute atomic E-state index is 6.13. The lowest BCUT2D eigenvalue weighted by Crippen LogP contribution is -2.49. The highest BCUT2D eigenvalue weighted by atomic mass is 35.5. The third-order valence-corrected chi connectivity index (χ3v) is 4.50. The number of piperazine rings is 1. The number of fused-ring (bicyclic) bond motifs is 1. The van der Waals surface area contributed by atoms with E-state index in [0.29, 0.717) is 10.3 Å². The fourth-order valence-corrected chi connectivity index (χ4v) is 3.40. The number of halogens is 2. The van der Waals surface area contributed by atoms with Crippen LogP contribution in [0.15, 0.2) is 12.1 Å². The van der Waals surface area contributed by atoms with Crippen LogP contribution in [-0.2, 0) is 6.54 Å². The van der Waals surface area contributed by atoms with Gasteiger partial charge in [-0.1, -0.05) is 29.3 Å². The zero-order valence-electron chi connectivity index (χ0n) is 10.3. The first kappa shape index (κ1) is 12.7. The molecule has 0 spiro atoms. The molecule has 1 aromatic heterocycles. The molecule has 18 heavy (non-hydrogen) atoms. The minimum atomic E-state index is 0.462. The van der Waals surface area contributed by atoms with Crippen LogP contribution in [0.4, 0.5) is 0 Å². The van der Waals surface area contributed by atoms with Gasteiger partial charge >= 0.3 is 0 Å². The first-order valence-corrected chi connectivity index (χ1v) is 7.25. The van der Waals surface area contributed by atoms with Gasteiger partial charge < -0.3 is 0 Å². The number of nitrogens with zero attached hydrogens (tertiary/aromatic N) is 3. The summed E-state index contributed by atoms with van der Waals surface area (Å²) in [6.07, 6.45) is 2.69. The van der Waals surface area contributed by atoms with Crippen molar-refractivity contribution in [3.63, 3.8) is 0 Å². The zero-order chi connectivity index (χ0) is 12.5. The Labute approximate surface area is 118 Å². The van der Waals surface area contributed by atoms with Gasteiger partial charge in [-0.25, -0.2) is 4.98 Å². The van der Waals surface area contributed by atoms with Crippen molar-refractivity contribution in [3.05, 3.63) is 28.0 Å². The second kappa shape index (κ2) is 5.33. The molecule has 1 unspecified atom stereocenters. The smallest absolute Gasteiger partial charge is 0.135 e. The summed E-state index contributed by atoms with van der Waals surface area (Å²) in [7, 11) is 0. The van der Waals surface area contributed by atoms with Gasteiger partial charge in [0.05, 0.1) is 0 Å². The third kappa shape index (κ3) is 2.64. The lowest BCUT2D eigenvalue weighted by atomic mass is 10.1. The molecule has 0 radical (unpaired) electrons. The van der Waals surface area contributed by atoms with E-state index in [2.05, 4.69) is 14.8 Å². The average molecular weight is 286 g/mol. The second-order valence-corrected chi connectivity index (χ2v) is 5.90. The molecular formula is C13H17Cl2N3. The molecule has 0 aromatic carbocycles. The zero-order valence-corrected chi connectivity index (χ0v) is 11.8. The molecule has 0 N–H and O–H groups in total. The van der Waals surface area contributed by atoms with Crippen LogP contribution in [-0.4, -0.2) is 47.0 Å². The Kier molecular flexibility index (Phi) is 3.76. The minimum Gasteiger partial charge on any atom is -0.298 e. The van der Waals surface area contributed by atoms with Crippen molar-refractivity contribution in [1.82, 2.24) is 14.8 Å². The number of pyridine rings is 1.